The molecule has 0 radical (unpaired) electrons. The number of hydrogen-bond acceptors (Lipinski definition) is 5. The van der Waals surface area contributed by atoms with Gasteiger partial charge < -0.3 is 14.7 Å². The quantitative estimate of drug-likeness (QED) is 0.640. The van der Waals surface area contributed by atoms with Gasteiger partial charge in [0, 0.05) is 55.9 Å². The van der Waals surface area contributed by atoms with E-state index in [4.69, 9.17) is 9.97 Å². The fraction of sp³-hybridized carbons (Fsp3) is 0.333. The molecule has 1 aliphatic rings. The molecule has 2 heterocycles. The predicted molar refractivity (Wildman–Crippen MR) is 121 cm³/mol. The van der Waals surface area contributed by atoms with Crippen molar-refractivity contribution in [3.8, 4) is 0 Å². The van der Waals surface area contributed by atoms with Crippen LogP contribution in [0.1, 0.15) is 18.2 Å². The highest BCUT2D eigenvalue weighted by molar-refractivity contribution is 5.59. The second-order valence-electron chi connectivity index (χ2n) is 7.56. The Hall–Kier alpha value is -3.08. The molecule has 1 aliphatic heterocycles. The molecule has 29 heavy (non-hydrogen) atoms. The number of aryl methyl sites for hydroxylation is 2. The molecule has 0 N–H and O–H groups in total. The highest BCUT2D eigenvalue weighted by atomic mass is 15.3. The first-order valence-corrected chi connectivity index (χ1v) is 10.4. The summed E-state index contributed by atoms with van der Waals surface area (Å²) in [5, 5.41) is 0. The van der Waals surface area contributed by atoms with Gasteiger partial charge in [-0.15, -0.1) is 0 Å². The lowest BCUT2D eigenvalue weighted by molar-refractivity contribution is 0.646. The van der Waals surface area contributed by atoms with Crippen molar-refractivity contribution >= 4 is 23.1 Å². The van der Waals surface area contributed by atoms with Crippen molar-refractivity contribution in [3.63, 3.8) is 0 Å². The summed E-state index contributed by atoms with van der Waals surface area (Å²) in [5.74, 6) is 1.79. The minimum atomic E-state index is 0.773. The van der Waals surface area contributed by atoms with E-state index in [1.807, 2.05) is 6.07 Å². The van der Waals surface area contributed by atoms with Crippen LogP contribution < -0.4 is 14.7 Å². The molecule has 1 aromatic heterocycles. The molecule has 0 bridgehead atoms. The minimum absolute atomic E-state index is 0.773. The molecule has 1 saturated heterocycles. The Morgan fingerprint density at radius 3 is 2.24 bits per heavy atom. The van der Waals surface area contributed by atoms with Gasteiger partial charge in [0.1, 0.15) is 5.82 Å². The first kappa shape index (κ1) is 19.2. The Morgan fingerprint density at radius 2 is 1.55 bits per heavy atom. The topological polar surface area (TPSA) is 35.5 Å². The van der Waals surface area contributed by atoms with Crippen LogP contribution in [0.25, 0.3) is 0 Å². The average molecular weight is 388 g/mol. The number of benzene rings is 2. The summed E-state index contributed by atoms with van der Waals surface area (Å²) < 4.78 is 0. The van der Waals surface area contributed by atoms with E-state index in [-0.39, 0.29) is 0 Å². The first-order valence-electron chi connectivity index (χ1n) is 10.4. The second-order valence-corrected chi connectivity index (χ2v) is 7.56. The van der Waals surface area contributed by atoms with Gasteiger partial charge in [0.05, 0.1) is 0 Å². The maximum absolute atomic E-state index is 4.94. The van der Waals surface area contributed by atoms with Crippen molar-refractivity contribution in [2.24, 2.45) is 0 Å². The smallest absolute Gasteiger partial charge is 0.232 e. The van der Waals surface area contributed by atoms with E-state index in [2.05, 4.69) is 90.1 Å². The van der Waals surface area contributed by atoms with Crippen LogP contribution in [0.3, 0.4) is 0 Å². The third-order valence-electron chi connectivity index (χ3n) is 5.42. The molecule has 1 fully saturated rings. The molecule has 0 amide bonds. The van der Waals surface area contributed by atoms with Gasteiger partial charge in [0.15, 0.2) is 0 Å². The highest BCUT2D eigenvalue weighted by Gasteiger charge is 2.20. The highest BCUT2D eigenvalue weighted by Crippen LogP contribution is 2.26. The SMILES string of the molecule is CCN(c1ccccc1)c1nc(C)cc(N2CCN(c3cccc(C)c3)CC2)n1. The van der Waals surface area contributed by atoms with Gasteiger partial charge in [-0.3, -0.25) is 0 Å². The van der Waals surface area contributed by atoms with Crippen molar-refractivity contribution in [2.45, 2.75) is 20.8 Å². The molecule has 3 aromatic rings. The summed E-state index contributed by atoms with van der Waals surface area (Å²) in [7, 11) is 0. The van der Waals surface area contributed by atoms with E-state index in [1.165, 1.54) is 11.3 Å². The fourth-order valence-corrected chi connectivity index (χ4v) is 3.89. The summed E-state index contributed by atoms with van der Waals surface area (Å²) >= 11 is 0. The van der Waals surface area contributed by atoms with Crippen LogP contribution in [-0.4, -0.2) is 42.7 Å². The van der Waals surface area contributed by atoms with E-state index in [9.17, 15) is 0 Å². The molecule has 0 saturated carbocycles. The van der Waals surface area contributed by atoms with Crippen molar-refractivity contribution in [2.75, 3.05) is 47.4 Å². The van der Waals surface area contributed by atoms with E-state index < -0.39 is 0 Å². The van der Waals surface area contributed by atoms with Crippen LogP contribution in [0.4, 0.5) is 23.1 Å². The van der Waals surface area contributed by atoms with Gasteiger partial charge in [-0.05, 0) is 50.6 Å². The molecule has 5 nitrogen and oxygen atoms in total. The molecule has 2 aromatic carbocycles. The normalized spacial score (nSPS) is 14.2. The predicted octanol–water partition coefficient (Wildman–Crippen LogP) is 4.58. The molecular weight excluding hydrogens is 358 g/mol. The monoisotopic (exact) mass is 387 g/mol. The van der Waals surface area contributed by atoms with Gasteiger partial charge >= 0.3 is 0 Å². The van der Waals surface area contributed by atoms with Crippen molar-refractivity contribution in [3.05, 3.63) is 71.9 Å². The lowest BCUT2D eigenvalue weighted by Gasteiger charge is -2.37. The Labute approximate surface area is 173 Å². The molecule has 5 heteroatoms. The maximum atomic E-state index is 4.94. The third-order valence-corrected chi connectivity index (χ3v) is 5.42. The van der Waals surface area contributed by atoms with Crippen LogP contribution >= 0.6 is 0 Å². The number of nitrogens with zero attached hydrogens (tertiary/aromatic N) is 5. The zero-order valence-corrected chi connectivity index (χ0v) is 17.5. The summed E-state index contributed by atoms with van der Waals surface area (Å²) in [6.45, 7) is 11.1. The largest absolute Gasteiger partial charge is 0.368 e. The average Bonchev–Trinajstić information content (AvgIpc) is 2.75. The Bertz CT molecular complexity index is 948. The zero-order valence-electron chi connectivity index (χ0n) is 17.5. The molecule has 0 unspecified atom stereocenters. The number of aromatic nitrogens is 2. The lowest BCUT2D eigenvalue weighted by Crippen LogP contribution is -2.47. The molecule has 150 valence electrons. The van der Waals surface area contributed by atoms with Crippen molar-refractivity contribution in [1.82, 2.24) is 9.97 Å². The van der Waals surface area contributed by atoms with Crippen LogP contribution in [0.5, 0.6) is 0 Å². The van der Waals surface area contributed by atoms with Crippen molar-refractivity contribution in [1.29, 1.82) is 0 Å². The van der Waals surface area contributed by atoms with Gasteiger partial charge in [0.25, 0.3) is 0 Å². The summed E-state index contributed by atoms with van der Waals surface area (Å²) in [6.07, 6.45) is 0. The van der Waals surface area contributed by atoms with E-state index in [0.717, 1.165) is 55.9 Å². The number of rotatable bonds is 5. The minimum Gasteiger partial charge on any atom is -0.368 e. The number of anilines is 4. The maximum Gasteiger partial charge on any atom is 0.232 e. The molecule has 4 rings (SSSR count). The number of para-hydroxylation sites is 1. The fourth-order valence-electron chi connectivity index (χ4n) is 3.89. The first-order chi connectivity index (χ1) is 14.1. The Balaban J connectivity index is 1.52. The van der Waals surface area contributed by atoms with Gasteiger partial charge in [-0.25, -0.2) is 4.98 Å². The number of piperazine rings is 1. The molecule has 0 aliphatic carbocycles. The zero-order chi connectivity index (χ0) is 20.2. The van der Waals surface area contributed by atoms with E-state index in [1.54, 1.807) is 0 Å². The molecule has 0 atom stereocenters. The standard InChI is InChI=1S/C24H29N5/c1-4-29(21-10-6-5-7-11-21)24-25-20(3)18-23(26-24)28-15-13-27(14-16-28)22-12-8-9-19(2)17-22/h5-12,17-18H,4,13-16H2,1-3H3. The third kappa shape index (κ3) is 4.34. The Morgan fingerprint density at radius 1 is 0.828 bits per heavy atom. The van der Waals surface area contributed by atoms with Gasteiger partial charge in [0.2, 0.25) is 5.95 Å². The summed E-state index contributed by atoms with van der Waals surface area (Å²) in [4.78, 5) is 16.7. The summed E-state index contributed by atoms with van der Waals surface area (Å²) in [5.41, 5.74) is 4.74. The molecular formula is C24H29N5. The number of hydrogen-bond donors (Lipinski definition) is 0. The van der Waals surface area contributed by atoms with Crippen LogP contribution in [0.2, 0.25) is 0 Å². The van der Waals surface area contributed by atoms with Crippen molar-refractivity contribution < 1.29 is 0 Å². The van der Waals surface area contributed by atoms with Crippen LogP contribution in [-0.2, 0) is 0 Å². The van der Waals surface area contributed by atoms with E-state index in [0.29, 0.717) is 0 Å². The summed E-state index contributed by atoms with van der Waals surface area (Å²) in [6, 6.07) is 21.2. The van der Waals surface area contributed by atoms with E-state index >= 15 is 0 Å². The molecule has 0 spiro atoms. The van der Waals surface area contributed by atoms with Gasteiger partial charge in [-0.2, -0.15) is 4.98 Å². The van der Waals surface area contributed by atoms with Crippen LogP contribution in [0, 0.1) is 13.8 Å². The van der Waals surface area contributed by atoms with Gasteiger partial charge in [-0.1, -0.05) is 30.3 Å². The van der Waals surface area contributed by atoms with Crippen LogP contribution in [0.15, 0.2) is 60.7 Å². The Kier molecular flexibility index (Phi) is 5.65. The second kappa shape index (κ2) is 8.52. The lowest BCUT2D eigenvalue weighted by atomic mass is 10.2.